The molecule has 140 valence electrons. The molecule has 2 aliphatic heterocycles. The molecule has 2 aromatic rings. The normalized spacial score (nSPS) is 25.8. The molecule has 5 heteroatoms. The van der Waals surface area contributed by atoms with E-state index in [1.165, 1.54) is 25.7 Å². The van der Waals surface area contributed by atoms with Gasteiger partial charge in [-0.1, -0.05) is 25.0 Å². The summed E-state index contributed by atoms with van der Waals surface area (Å²) in [5, 5.41) is 0. The van der Waals surface area contributed by atoms with Gasteiger partial charge in [0.1, 0.15) is 11.9 Å². The summed E-state index contributed by atoms with van der Waals surface area (Å²) in [6.45, 7) is 1.82. The number of nitrogens with zero attached hydrogens (tertiary/aromatic N) is 3. The lowest BCUT2D eigenvalue weighted by Gasteiger charge is -2.26. The molecule has 1 aromatic carbocycles. The predicted octanol–water partition coefficient (Wildman–Crippen LogP) is 3.21. The molecule has 3 heterocycles. The lowest BCUT2D eigenvalue weighted by atomic mass is 10.0. The van der Waals surface area contributed by atoms with E-state index in [9.17, 15) is 4.79 Å². The number of fused-ring (bicyclic) bond motifs is 2. The molecule has 0 radical (unpaired) electrons. The molecule has 1 aliphatic carbocycles. The van der Waals surface area contributed by atoms with E-state index in [1.54, 1.807) is 6.20 Å². The second-order valence-corrected chi connectivity index (χ2v) is 7.98. The van der Waals surface area contributed by atoms with E-state index in [0.717, 1.165) is 24.2 Å². The quantitative estimate of drug-likeness (QED) is 0.822. The van der Waals surface area contributed by atoms with E-state index in [-0.39, 0.29) is 18.1 Å². The first-order valence-corrected chi connectivity index (χ1v) is 9.93. The fourth-order valence-corrected chi connectivity index (χ4v) is 4.85. The van der Waals surface area contributed by atoms with Crippen LogP contribution < -0.4 is 4.74 Å². The maximum atomic E-state index is 13.1. The number of likely N-dealkylation sites (tertiary alicyclic amines) is 1. The Morgan fingerprint density at radius 3 is 2.74 bits per heavy atom. The van der Waals surface area contributed by atoms with Gasteiger partial charge in [0.05, 0.1) is 11.6 Å². The first-order chi connectivity index (χ1) is 13.2. The summed E-state index contributed by atoms with van der Waals surface area (Å²) < 4.78 is 6.45. The van der Waals surface area contributed by atoms with Crippen molar-refractivity contribution in [1.82, 2.24) is 14.8 Å². The molecule has 1 saturated heterocycles. The Bertz CT molecular complexity index is 848. The molecule has 0 N–H and O–H groups in total. The van der Waals surface area contributed by atoms with Crippen molar-refractivity contribution in [3.8, 4) is 16.9 Å². The Morgan fingerprint density at radius 1 is 1.11 bits per heavy atom. The summed E-state index contributed by atoms with van der Waals surface area (Å²) in [4.78, 5) is 21.7. The minimum Gasteiger partial charge on any atom is -0.486 e. The minimum absolute atomic E-state index is 0.0324. The molecule has 3 aliphatic rings. The van der Waals surface area contributed by atoms with Crippen molar-refractivity contribution in [3.63, 3.8) is 0 Å². The van der Waals surface area contributed by atoms with Crippen molar-refractivity contribution >= 4 is 5.91 Å². The molecule has 2 fully saturated rings. The van der Waals surface area contributed by atoms with Crippen molar-refractivity contribution in [2.75, 3.05) is 20.1 Å². The number of amides is 1. The Morgan fingerprint density at radius 2 is 1.96 bits per heavy atom. The standard InChI is InChI=1S/C22H25N3O2/c1-24-19-13-25(17-6-2-3-7-17)14-21(19)27-20-11-15(8-9-18(20)22(24)26)16-5-4-10-23-12-16/h4-5,8-12,17,19,21H,2-3,6-7,13-14H2,1H3. The predicted molar refractivity (Wildman–Crippen MR) is 104 cm³/mol. The smallest absolute Gasteiger partial charge is 0.257 e. The van der Waals surface area contributed by atoms with Crippen molar-refractivity contribution in [1.29, 1.82) is 0 Å². The van der Waals surface area contributed by atoms with Crippen LogP contribution in [0.1, 0.15) is 36.0 Å². The number of hydrogen-bond acceptors (Lipinski definition) is 4. The van der Waals surface area contributed by atoms with Gasteiger partial charge in [-0.05, 0) is 36.6 Å². The molecule has 1 aromatic heterocycles. The number of benzene rings is 1. The molecular formula is C22H25N3O2. The fraction of sp³-hybridized carbons (Fsp3) is 0.455. The van der Waals surface area contributed by atoms with Gasteiger partial charge in [-0.3, -0.25) is 14.7 Å². The van der Waals surface area contributed by atoms with Gasteiger partial charge in [-0.25, -0.2) is 0 Å². The molecule has 2 atom stereocenters. The van der Waals surface area contributed by atoms with Crippen LogP contribution in [-0.2, 0) is 0 Å². The van der Waals surface area contributed by atoms with Crippen molar-refractivity contribution in [3.05, 3.63) is 48.3 Å². The van der Waals surface area contributed by atoms with E-state index in [4.69, 9.17) is 4.74 Å². The van der Waals surface area contributed by atoms with Gasteiger partial charge in [0, 0.05) is 44.1 Å². The highest BCUT2D eigenvalue weighted by Gasteiger charge is 2.44. The first kappa shape index (κ1) is 16.8. The number of pyridine rings is 1. The third-order valence-electron chi connectivity index (χ3n) is 6.41. The van der Waals surface area contributed by atoms with Crippen LogP contribution in [-0.4, -0.2) is 59.0 Å². The average Bonchev–Trinajstić information content (AvgIpc) is 3.36. The number of likely N-dealkylation sites (N-methyl/N-ethyl adjacent to an activating group) is 1. The van der Waals surface area contributed by atoms with E-state index in [0.29, 0.717) is 17.4 Å². The summed E-state index contributed by atoms with van der Waals surface area (Å²) in [6.07, 6.45) is 8.84. The van der Waals surface area contributed by atoms with Crippen molar-refractivity contribution in [2.24, 2.45) is 0 Å². The lowest BCUT2D eigenvalue weighted by Crippen LogP contribution is -2.44. The van der Waals surface area contributed by atoms with Gasteiger partial charge in [-0.2, -0.15) is 0 Å². The van der Waals surface area contributed by atoms with E-state index in [1.807, 2.05) is 48.5 Å². The van der Waals surface area contributed by atoms with Gasteiger partial charge in [-0.15, -0.1) is 0 Å². The average molecular weight is 363 g/mol. The zero-order valence-corrected chi connectivity index (χ0v) is 15.7. The maximum Gasteiger partial charge on any atom is 0.257 e. The van der Waals surface area contributed by atoms with Crippen LogP contribution >= 0.6 is 0 Å². The summed E-state index contributed by atoms with van der Waals surface area (Å²) in [5.41, 5.74) is 2.72. The fourth-order valence-electron chi connectivity index (χ4n) is 4.85. The number of carbonyl (C=O) groups is 1. The Hall–Kier alpha value is -2.40. The van der Waals surface area contributed by atoms with Gasteiger partial charge in [0.25, 0.3) is 5.91 Å². The Labute approximate surface area is 159 Å². The summed E-state index contributed by atoms with van der Waals surface area (Å²) >= 11 is 0. The molecule has 2 unspecified atom stereocenters. The largest absolute Gasteiger partial charge is 0.486 e. The maximum absolute atomic E-state index is 13.1. The van der Waals surface area contributed by atoms with Crippen LogP contribution in [0.4, 0.5) is 0 Å². The second kappa shape index (κ2) is 6.64. The molecule has 1 amide bonds. The summed E-state index contributed by atoms with van der Waals surface area (Å²) in [6, 6.07) is 10.6. The SMILES string of the molecule is CN1C(=O)c2ccc(-c3cccnc3)cc2OC2CN(C3CCCC3)CC21. The number of hydrogen-bond donors (Lipinski definition) is 0. The molecule has 27 heavy (non-hydrogen) atoms. The molecule has 1 saturated carbocycles. The summed E-state index contributed by atoms with van der Waals surface area (Å²) in [7, 11) is 1.92. The van der Waals surface area contributed by atoms with E-state index >= 15 is 0 Å². The molecular weight excluding hydrogens is 338 g/mol. The van der Waals surface area contributed by atoms with Crippen LogP contribution in [0.3, 0.4) is 0 Å². The number of ether oxygens (including phenoxy) is 1. The van der Waals surface area contributed by atoms with Gasteiger partial charge >= 0.3 is 0 Å². The Balaban J connectivity index is 1.47. The van der Waals surface area contributed by atoms with Gasteiger partial charge in [0.15, 0.2) is 0 Å². The number of rotatable bonds is 2. The molecule has 0 bridgehead atoms. The number of aromatic nitrogens is 1. The van der Waals surface area contributed by atoms with E-state index < -0.39 is 0 Å². The zero-order valence-electron chi connectivity index (χ0n) is 15.7. The molecule has 5 rings (SSSR count). The highest BCUT2D eigenvalue weighted by Crippen LogP contribution is 2.36. The van der Waals surface area contributed by atoms with Gasteiger partial charge in [0.2, 0.25) is 0 Å². The molecule has 0 spiro atoms. The van der Waals surface area contributed by atoms with Crippen LogP contribution in [0.5, 0.6) is 5.75 Å². The monoisotopic (exact) mass is 363 g/mol. The minimum atomic E-state index is 0.0324. The van der Waals surface area contributed by atoms with Crippen LogP contribution in [0.15, 0.2) is 42.7 Å². The third kappa shape index (κ3) is 2.90. The van der Waals surface area contributed by atoms with E-state index in [2.05, 4.69) is 9.88 Å². The van der Waals surface area contributed by atoms with Crippen molar-refractivity contribution in [2.45, 2.75) is 43.9 Å². The van der Waals surface area contributed by atoms with Crippen molar-refractivity contribution < 1.29 is 9.53 Å². The first-order valence-electron chi connectivity index (χ1n) is 9.93. The van der Waals surface area contributed by atoms with Crippen LogP contribution in [0, 0.1) is 0 Å². The van der Waals surface area contributed by atoms with Gasteiger partial charge < -0.3 is 9.64 Å². The topological polar surface area (TPSA) is 45.7 Å². The Kier molecular flexibility index (Phi) is 4.12. The second-order valence-electron chi connectivity index (χ2n) is 7.98. The summed E-state index contributed by atoms with van der Waals surface area (Å²) in [5.74, 6) is 0.762. The highest BCUT2D eigenvalue weighted by atomic mass is 16.5. The molecule has 5 nitrogen and oxygen atoms in total. The highest BCUT2D eigenvalue weighted by molar-refractivity contribution is 5.98. The zero-order chi connectivity index (χ0) is 18.4. The third-order valence-corrected chi connectivity index (χ3v) is 6.41. The van der Waals surface area contributed by atoms with Crippen LogP contribution in [0.25, 0.3) is 11.1 Å². The van der Waals surface area contributed by atoms with Crippen LogP contribution in [0.2, 0.25) is 0 Å². The number of carbonyl (C=O) groups excluding carboxylic acids is 1. The lowest BCUT2D eigenvalue weighted by molar-refractivity contribution is 0.0681.